The van der Waals surface area contributed by atoms with Crippen LogP contribution < -0.4 is 4.90 Å². The first-order valence-electron chi connectivity index (χ1n) is 7.19. The molecule has 0 unspecified atom stereocenters. The van der Waals surface area contributed by atoms with Gasteiger partial charge < -0.3 is 9.88 Å². The van der Waals surface area contributed by atoms with E-state index in [4.69, 9.17) is 0 Å². The summed E-state index contributed by atoms with van der Waals surface area (Å²) in [6, 6.07) is 6.12. The van der Waals surface area contributed by atoms with Crippen LogP contribution in [-0.4, -0.2) is 54.6 Å². The van der Waals surface area contributed by atoms with Gasteiger partial charge in [0, 0.05) is 26.2 Å². The maximum atomic E-state index is 11.9. The van der Waals surface area contributed by atoms with Crippen molar-refractivity contribution in [2.75, 3.05) is 36.8 Å². The molecule has 1 N–H and O–H groups in total. The number of piperazine rings is 1. The number of nitrogens with zero attached hydrogens (tertiary/aromatic N) is 3. The first-order chi connectivity index (χ1) is 9.99. The van der Waals surface area contributed by atoms with Crippen LogP contribution in [0.1, 0.15) is 12.5 Å². The number of sulfonamides is 1. The van der Waals surface area contributed by atoms with Crippen molar-refractivity contribution < 1.29 is 8.42 Å². The number of hydrogen-bond donors (Lipinski definition) is 1. The van der Waals surface area contributed by atoms with E-state index in [0.717, 1.165) is 17.0 Å². The molecule has 0 atom stereocenters. The van der Waals surface area contributed by atoms with Crippen molar-refractivity contribution in [3.05, 3.63) is 23.8 Å². The molecule has 0 radical (unpaired) electrons. The predicted octanol–water partition coefficient (Wildman–Crippen LogP) is 1.34. The Balaban J connectivity index is 1.76. The van der Waals surface area contributed by atoms with E-state index < -0.39 is 10.0 Å². The Labute approximate surface area is 124 Å². The summed E-state index contributed by atoms with van der Waals surface area (Å²) in [6.45, 7) is 6.10. The van der Waals surface area contributed by atoms with Gasteiger partial charge in [-0.25, -0.2) is 13.4 Å². The summed E-state index contributed by atoms with van der Waals surface area (Å²) in [7, 11) is -3.08. The van der Waals surface area contributed by atoms with E-state index in [1.807, 2.05) is 19.1 Å². The maximum Gasteiger partial charge on any atom is 0.213 e. The minimum atomic E-state index is -3.08. The quantitative estimate of drug-likeness (QED) is 0.929. The highest BCUT2D eigenvalue weighted by Gasteiger charge is 2.26. The highest BCUT2D eigenvalue weighted by atomic mass is 32.2. The van der Waals surface area contributed by atoms with E-state index in [2.05, 4.69) is 20.9 Å². The fraction of sp³-hybridized carbons (Fsp3) is 0.500. The lowest BCUT2D eigenvalue weighted by Crippen LogP contribution is -2.49. The van der Waals surface area contributed by atoms with Gasteiger partial charge in [-0.2, -0.15) is 4.31 Å². The molecule has 6 nitrogen and oxygen atoms in total. The zero-order valence-electron chi connectivity index (χ0n) is 12.3. The molecule has 1 aliphatic heterocycles. The third kappa shape index (κ3) is 2.75. The number of H-pyrrole nitrogens is 1. The van der Waals surface area contributed by atoms with Gasteiger partial charge in [0.25, 0.3) is 0 Å². The topological polar surface area (TPSA) is 69.3 Å². The number of aromatic amines is 1. The molecule has 1 fully saturated rings. The molecule has 1 aliphatic rings. The van der Waals surface area contributed by atoms with Crippen molar-refractivity contribution >= 4 is 27.0 Å². The Morgan fingerprint density at radius 3 is 2.62 bits per heavy atom. The lowest BCUT2D eigenvalue weighted by Gasteiger charge is -2.33. The minimum Gasteiger partial charge on any atom is -0.340 e. The number of anilines is 1. The predicted molar refractivity (Wildman–Crippen MR) is 84.1 cm³/mol. The summed E-state index contributed by atoms with van der Waals surface area (Å²) in [5, 5.41) is 0. The van der Waals surface area contributed by atoms with Gasteiger partial charge in [0.05, 0.1) is 16.8 Å². The first kappa shape index (κ1) is 14.3. The average Bonchev–Trinajstić information content (AvgIpc) is 2.90. The van der Waals surface area contributed by atoms with E-state index in [0.29, 0.717) is 26.2 Å². The summed E-state index contributed by atoms with van der Waals surface area (Å²) in [5.41, 5.74) is 3.16. The van der Waals surface area contributed by atoms with E-state index in [9.17, 15) is 8.42 Å². The van der Waals surface area contributed by atoms with Crippen LogP contribution in [0, 0.1) is 6.92 Å². The molecule has 0 saturated carbocycles. The Bertz CT molecular complexity index is 745. The van der Waals surface area contributed by atoms with Gasteiger partial charge in [-0.1, -0.05) is 6.07 Å². The number of aromatic nitrogens is 2. The number of benzene rings is 1. The number of aryl methyl sites for hydroxylation is 1. The van der Waals surface area contributed by atoms with Gasteiger partial charge in [0.2, 0.25) is 16.0 Å². The van der Waals surface area contributed by atoms with Crippen LogP contribution in [0.2, 0.25) is 0 Å². The second kappa shape index (κ2) is 5.31. The second-order valence-electron chi connectivity index (χ2n) is 5.37. The molecule has 0 aliphatic carbocycles. The zero-order valence-corrected chi connectivity index (χ0v) is 13.2. The third-order valence-electron chi connectivity index (χ3n) is 3.92. The van der Waals surface area contributed by atoms with Gasteiger partial charge in [0.1, 0.15) is 0 Å². The molecule has 1 saturated heterocycles. The minimum absolute atomic E-state index is 0.164. The van der Waals surface area contributed by atoms with Gasteiger partial charge in [-0.05, 0) is 31.5 Å². The lowest BCUT2D eigenvalue weighted by atomic mass is 10.2. The molecule has 1 aromatic heterocycles. The summed E-state index contributed by atoms with van der Waals surface area (Å²) in [5.74, 6) is 0.987. The molecule has 0 bridgehead atoms. The van der Waals surface area contributed by atoms with Crippen LogP contribution in [-0.2, 0) is 10.0 Å². The number of fused-ring (bicyclic) bond motifs is 1. The van der Waals surface area contributed by atoms with E-state index in [1.165, 1.54) is 5.56 Å². The fourth-order valence-electron chi connectivity index (χ4n) is 2.62. The molecule has 0 spiro atoms. The zero-order chi connectivity index (χ0) is 15.0. The van der Waals surface area contributed by atoms with E-state index in [1.54, 1.807) is 11.2 Å². The van der Waals surface area contributed by atoms with Crippen LogP contribution in [0.3, 0.4) is 0 Å². The van der Waals surface area contributed by atoms with Crippen LogP contribution in [0.15, 0.2) is 18.2 Å². The van der Waals surface area contributed by atoms with Crippen LogP contribution in [0.5, 0.6) is 0 Å². The van der Waals surface area contributed by atoms with Crippen molar-refractivity contribution in [2.24, 2.45) is 0 Å². The largest absolute Gasteiger partial charge is 0.340 e. The summed E-state index contributed by atoms with van der Waals surface area (Å²) < 4.78 is 25.3. The molecule has 21 heavy (non-hydrogen) atoms. The van der Waals surface area contributed by atoms with Gasteiger partial charge in [0.15, 0.2) is 0 Å². The Morgan fingerprint density at radius 2 is 1.95 bits per heavy atom. The summed E-state index contributed by atoms with van der Waals surface area (Å²) >= 11 is 0. The molecule has 114 valence electrons. The van der Waals surface area contributed by atoms with Crippen LogP contribution in [0.25, 0.3) is 11.0 Å². The van der Waals surface area contributed by atoms with Gasteiger partial charge >= 0.3 is 0 Å². The van der Waals surface area contributed by atoms with E-state index >= 15 is 0 Å². The first-order valence-corrected chi connectivity index (χ1v) is 8.79. The number of rotatable bonds is 3. The van der Waals surface area contributed by atoms with Gasteiger partial charge in [-0.15, -0.1) is 0 Å². The molecule has 1 aromatic carbocycles. The van der Waals surface area contributed by atoms with Crippen molar-refractivity contribution in [3.8, 4) is 0 Å². The monoisotopic (exact) mass is 308 g/mol. The van der Waals surface area contributed by atoms with Crippen molar-refractivity contribution in [1.29, 1.82) is 0 Å². The fourth-order valence-corrected chi connectivity index (χ4v) is 3.71. The number of imidazole rings is 1. The van der Waals surface area contributed by atoms with Crippen LogP contribution >= 0.6 is 0 Å². The number of nitrogens with one attached hydrogen (secondary N) is 1. The molecule has 3 rings (SSSR count). The standard InChI is InChI=1S/C14H20N4O2S/c1-3-21(19,20)18-8-6-17(7-9-18)14-15-12-5-4-11(2)10-13(12)16-14/h4-5,10H,3,6-9H2,1-2H3,(H,15,16). The molecule has 0 amide bonds. The summed E-state index contributed by atoms with van der Waals surface area (Å²) in [6.07, 6.45) is 0. The van der Waals surface area contributed by atoms with Crippen molar-refractivity contribution in [2.45, 2.75) is 13.8 Å². The molecule has 2 aromatic rings. The third-order valence-corrected chi connectivity index (χ3v) is 5.80. The smallest absolute Gasteiger partial charge is 0.213 e. The normalized spacial score (nSPS) is 17.5. The van der Waals surface area contributed by atoms with E-state index in [-0.39, 0.29) is 5.75 Å². The number of hydrogen-bond acceptors (Lipinski definition) is 4. The molecule has 7 heteroatoms. The van der Waals surface area contributed by atoms with Crippen molar-refractivity contribution in [3.63, 3.8) is 0 Å². The van der Waals surface area contributed by atoms with Crippen molar-refractivity contribution in [1.82, 2.24) is 14.3 Å². The average molecular weight is 308 g/mol. The molecular weight excluding hydrogens is 288 g/mol. The maximum absolute atomic E-state index is 11.9. The van der Waals surface area contributed by atoms with Crippen LogP contribution in [0.4, 0.5) is 5.95 Å². The highest BCUT2D eigenvalue weighted by Crippen LogP contribution is 2.20. The highest BCUT2D eigenvalue weighted by molar-refractivity contribution is 7.89. The second-order valence-corrected chi connectivity index (χ2v) is 7.63. The Kier molecular flexibility index (Phi) is 3.62. The Hall–Kier alpha value is -1.60. The van der Waals surface area contributed by atoms with Gasteiger partial charge in [-0.3, -0.25) is 0 Å². The lowest BCUT2D eigenvalue weighted by molar-refractivity contribution is 0.383. The summed E-state index contributed by atoms with van der Waals surface area (Å²) in [4.78, 5) is 10.0. The molecule has 2 heterocycles. The Morgan fingerprint density at radius 1 is 1.24 bits per heavy atom. The molecular formula is C14H20N4O2S. The SMILES string of the molecule is CCS(=O)(=O)N1CCN(c2nc3ccc(C)cc3[nH]2)CC1.